The Bertz CT molecular complexity index is 752. The van der Waals surface area contributed by atoms with Crippen LogP contribution in [0, 0.1) is 11.3 Å². The van der Waals surface area contributed by atoms with E-state index >= 15 is 0 Å². The van der Waals surface area contributed by atoms with Crippen LogP contribution in [0.25, 0.3) is 0 Å². The van der Waals surface area contributed by atoms with Crippen molar-refractivity contribution in [1.29, 1.82) is 0 Å². The second-order valence-corrected chi connectivity index (χ2v) is 8.62. The molecule has 1 saturated heterocycles. The Morgan fingerprint density at radius 2 is 2.00 bits per heavy atom. The highest BCUT2D eigenvalue weighted by Crippen LogP contribution is 2.38. The summed E-state index contributed by atoms with van der Waals surface area (Å²) in [6.45, 7) is 4.05. The lowest BCUT2D eigenvalue weighted by atomic mass is 9.76. The molecule has 9 heteroatoms. The fraction of sp³-hybridized carbons (Fsp3) is 0.600. The van der Waals surface area contributed by atoms with Gasteiger partial charge in [-0.1, -0.05) is 13.8 Å². The van der Waals surface area contributed by atoms with Gasteiger partial charge in [0.1, 0.15) is 6.26 Å². The Morgan fingerprint density at radius 1 is 1.38 bits per heavy atom. The summed E-state index contributed by atoms with van der Waals surface area (Å²) in [4.78, 5) is 25.6. The van der Waals surface area contributed by atoms with E-state index in [2.05, 4.69) is 0 Å². The number of carboxylic acid groups (broad SMARTS) is 1. The maximum Gasteiger partial charge on any atom is 0.311 e. The van der Waals surface area contributed by atoms with E-state index in [9.17, 15) is 23.1 Å². The summed E-state index contributed by atoms with van der Waals surface area (Å²) in [6.07, 6.45) is 1.46. The topological polar surface area (TPSA) is 108 Å². The highest BCUT2D eigenvalue weighted by atomic mass is 32.2. The number of nitrogens with zero attached hydrogens (tertiary/aromatic N) is 2. The Kier molecular flexibility index (Phi) is 4.78. The number of hydrogen-bond acceptors (Lipinski definition) is 5. The van der Waals surface area contributed by atoms with Crippen LogP contribution >= 0.6 is 0 Å². The van der Waals surface area contributed by atoms with Crippen molar-refractivity contribution in [3.8, 4) is 0 Å². The molecule has 0 saturated carbocycles. The van der Waals surface area contributed by atoms with Crippen molar-refractivity contribution in [1.82, 2.24) is 9.21 Å². The minimum atomic E-state index is -3.76. The van der Waals surface area contributed by atoms with Crippen LogP contribution in [-0.4, -0.2) is 61.8 Å². The fourth-order valence-corrected chi connectivity index (χ4v) is 3.63. The van der Waals surface area contributed by atoms with Gasteiger partial charge in [-0.15, -0.1) is 0 Å². The van der Waals surface area contributed by atoms with Crippen LogP contribution in [0.2, 0.25) is 0 Å². The largest absolute Gasteiger partial charge is 0.481 e. The van der Waals surface area contributed by atoms with Crippen molar-refractivity contribution < 1.29 is 27.5 Å². The van der Waals surface area contributed by atoms with E-state index in [1.807, 2.05) is 13.8 Å². The molecule has 24 heavy (non-hydrogen) atoms. The zero-order valence-corrected chi connectivity index (χ0v) is 15.0. The summed E-state index contributed by atoms with van der Waals surface area (Å²) in [5.74, 6) is -1.47. The second kappa shape index (κ2) is 6.21. The molecule has 1 N–H and O–H groups in total. The molecule has 0 spiro atoms. The van der Waals surface area contributed by atoms with Gasteiger partial charge in [-0.25, -0.2) is 12.7 Å². The number of amides is 1. The van der Waals surface area contributed by atoms with Gasteiger partial charge < -0.3 is 14.4 Å². The Morgan fingerprint density at radius 3 is 2.46 bits per heavy atom. The van der Waals surface area contributed by atoms with Crippen molar-refractivity contribution in [2.75, 3.05) is 27.2 Å². The number of carbonyl (C=O) groups is 2. The average molecular weight is 358 g/mol. The quantitative estimate of drug-likeness (QED) is 0.844. The van der Waals surface area contributed by atoms with Crippen molar-refractivity contribution in [3.63, 3.8) is 0 Å². The van der Waals surface area contributed by atoms with Crippen molar-refractivity contribution in [2.24, 2.45) is 11.3 Å². The Labute approximate surface area is 141 Å². The fourth-order valence-electron chi connectivity index (χ4n) is 2.83. The number of furan rings is 1. The number of rotatable bonds is 5. The van der Waals surface area contributed by atoms with Crippen LogP contribution in [0.3, 0.4) is 0 Å². The normalized spacial score (nSPS) is 21.7. The highest BCUT2D eigenvalue weighted by Gasteiger charge is 2.48. The zero-order valence-electron chi connectivity index (χ0n) is 14.1. The summed E-state index contributed by atoms with van der Waals surface area (Å²) in [5, 5.41) is 9.22. The number of aliphatic carboxylic acids is 1. The number of sulfonamides is 1. The SMILES string of the molecule is CC(C)C1(C(=O)O)CCN(C(=O)c2coc(S(=O)(=O)N(C)C)c2)C1. The van der Waals surface area contributed by atoms with Gasteiger partial charge in [-0.3, -0.25) is 9.59 Å². The molecule has 0 aromatic carbocycles. The van der Waals surface area contributed by atoms with E-state index < -0.39 is 27.3 Å². The summed E-state index contributed by atoms with van der Waals surface area (Å²) < 4.78 is 30.0. The molecule has 0 bridgehead atoms. The summed E-state index contributed by atoms with van der Waals surface area (Å²) in [6, 6.07) is 1.17. The van der Waals surface area contributed by atoms with Gasteiger partial charge in [0.15, 0.2) is 0 Å². The molecule has 1 fully saturated rings. The minimum Gasteiger partial charge on any atom is -0.481 e. The molecule has 134 valence electrons. The molecule has 0 radical (unpaired) electrons. The van der Waals surface area contributed by atoms with E-state index in [-0.39, 0.29) is 23.1 Å². The van der Waals surface area contributed by atoms with Crippen LogP contribution in [-0.2, 0) is 14.8 Å². The predicted molar refractivity (Wildman–Crippen MR) is 85.0 cm³/mol. The molecule has 1 aromatic rings. The smallest absolute Gasteiger partial charge is 0.311 e. The van der Waals surface area contributed by atoms with Gasteiger partial charge in [0.25, 0.3) is 15.9 Å². The van der Waals surface area contributed by atoms with Gasteiger partial charge in [0, 0.05) is 33.3 Å². The first-order valence-corrected chi connectivity index (χ1v) is 9.00. The van der Waals surface area contributed by atoms with E-state index in [0.717, 1.165) is 10.6 Å². The third kappa shape index (κ3) is 2.93. The van der Waals surface area contributed by atoms with Crippen molar-refractivity contribution >= 4 is 21.9 Å². The molecule has 1 amide bonds. The van der Waals surface area contributed by atoms with Crippen LogP contribution in [0.1, 0.15) is 30.6 Å². The summed E-state index contributed by atoms with van der Waals surface area (Å²) in [7, 11) is -1.03. The molecule has 0 aliphatic carbocycles. The molecular weight excluding hydrogens is 336 g/mol. The summed E-state index contributed by atoms with van der Waals surface area (Å²) in [5.41, 5.74) is -0.877. The zero-order chi connectivity index (χ0) is 18.3. The van der Waals surface area contributed by atoms with Gasteiger partial charge in [-0.05, 0) is 12.3 Å². The van der Waals surface area contributed by atoms with E-state index in [4.69, 9.17) is 4.42 Å². The van der Waals surface area contributed by atoms with Crippen molar-refractivity contribution in [2.45, 2.75) is 25.4 Å². The third-order valence-corrected chi connectivity index (χ3v) is 6.36. The van der Waals surface area contributed by atoms with Gasteiger partial charge in [0.05, 0.1) is 11.0 Å². The van der Waals surface area contributed by atoms with E-state index in [1.54, 1.807) is 0 Å². The first kappa shape index (κ1) is 18.5. The molecule has 2 rings (SSSR count). The monoisotopic (exact) mass is 358 g/mol. The number of hydrogen-bond donors (Lipinski definition) is 1. The van der Waals surface area contributed by atoms with E-state index in [0.29, 0.717) is 13.0 Å². The molecule has 1 unspecified atom stereocenters. The molecule has 1 aromatic heterocycles. The minimum absolute atomic E-state index is 0.0970. The maximum absolute atomic E-state index is 12.6. The second-order valence-electron chi connectivity index (χ2n) is 6.53. The first-order chi connectivity index (χ1) is 11.0. The van der Waals surface area contributed by atoms with Crippen LogP contribution in [0.15, 0.2) is 21.8 Å². The lowest BCUT2D eigenvalue weighted by Crippen LogP contribution is -2.40. The lowest BCUT2D eigenvalue weighted by molar-refractivity contribution is -0.150. The molecule has 8 nitrogen and oxygen atoms in total. The first-order valence-electron chi connectivity index (χ1n) is 7.56. The predicted octanol–water partition coefficient (Wildman–Crippen LogP) is 1.10. The molecular formula is C15H22N2O6S. The van der Waals surface area contributed by atoms with E-state index in [1.165, 1.54) is 25.1 Å². The standard InChI is InChI=1S/C15H22N2O6S/c1-10(2)15(14(19)20)5-6-17(9-15)13(18)11-7-12(23-8-11)24(21,22)16(3)4/h7-8,10H,5-6,9H2,1-4H3,(H,19,20). The van der Waals surface area contributed by atoms with Crippen LogP contribution < -0.4 is 0 Å². The molecule has 1 aliphatic heterocycles. The number of carboxylic acids is 1. The van der Waals surface area contributed by atoms with Gasteiger partial charge in [0.2, 0.25) is 5.09 Å². The Hall–Kier alpha value is -1.87. The van der Waals surface area contributed by atoms with Crippen LogP contribution in [0.5, 0.6) is 0 Å². The van der Waals surface area contributed by atoms with Gasteiger partial charge in [-0.2, -0.15) is 0 Å². The highest BCUT2D eigenvalue weighted by molar-refractivity contribution is 7.88. The summed E-state index contributed by atoms with van der Waals surface area (Å²) >= 11 is 0. The maximum atomic E-state index is 12.6. The molecule has 1 atom stereocenters. The van der Waals surface area contributed by atoms with Crippen molar-refractivity contribution in [3.05, 3.63) is 17.9 Å². The van der Waals surface area contributed by atoms with Gasteiger partial charge >= 0.3 is 5.97 Å². The third-order valence-electron chi connectivity index (χ3n) is 4.68. The van der Waals surface area contributed by atoms with Crippen LogP contribution in [0.4, 0.5) is 0 Å². The molecule has 2 heterocycles. The number of likely N-dealkylation sites (tertiary alicyclic amines) is 1. The number of carbonyl (C=O) groups excluding carboxylic acids is 1. The molecule has 1 aliphatic rings. The Balaban J connectivity index is 2.23. The average Bonchev–Trinajstić information content (AvgIpc) is 3.14. The lowest BCUT2D eigenvalue weighted by Gasteiger charge is -2.28.